The molecule has 0 saturated carbocycles. The number of anilines is 1. The van der Waals surface area contributed by atoms with E-state index in [1.807, 2.05) is 11.8 Å². The van der Waals surface area contributed by atoms with Gasteiger partial charge in [-0.2, -0.15) is 11.8 Å². The van der Waals surface area contributed by atoms with Gasteiger partial charge < -0.3 is 5.32 Å². The Labute approximate surface area is 105 Å². The summed E-state index contributed by atoms with van der Waals surface area (Å²) >= 11 is 1.91. The van der Waals surface area contributed by atoms with Crippen molar-refractivity contribution >= 4 is 17.4 Å². The van der Waals surface area contributed by atoms with E-state index < -0.39 is 11.6 Å². The molecule has 0 spiro atoms. The highest BCUT2D eigenvalue weighted by Gasteiger charge is 2.28. The minimum absolute atomic E-state index is 0.305. The molecule has 0 aromatic heterocycles. The number of hydrogen-bond acceptors (Lipinski definition) is 2. The number of rotatable bonds is 2. The summed E-state index contributed by atoms with van der Waals surface area (Å²) in [4.78, 5) is 0. The Morgan fingerprint density at radius 3 is 2.71 bits per heavy atom. The lowest BCUT2D eigenvalue weighted by atomic mass is 9.88. The van der Waals surface area contributed by atoms with Crippen LogP contribution in [0.5, 0.6) is 0 Å². The standard InChI is InChI=1S/C13H17F2NS/c1-13(2)6-10(7-17-8-13)16-9-3-4-11(14)12(15)5-9/h3-5,10,16H,6-8H2,1-2H3. The second kappa shape index (κ2) is 4.84. The van der Waals surface area contributed by atoms with Gasteiger partial charge in [0.25, 0.3) is 0 Å². The number of nitrogens with one attached hydrogen (secondary N) is 1. The van der Waals surface area contributed by atoms with Crippen LogP contribution in [-0.2, 0) is 0 Å². The average molecular weight is 257 g/mol. The summed E-state index contributed by atoms with van der Waals surface area (Å²) in [6.45, 7) is 4.47. The molecule has 0 amide bonds. The second-order valence-corrected chi connectivity index (χ2v) is 6.38. The maximum atomic E-state index is 13.1. The highest BCUT2D eigenvalue weighted by molar-refractivity contribution is 7.99. The third-order valence-corrected chi connectivity index (χ3v) is 4.52. The molecule has 1 aliphatic rings. The van der Waals surface area contributed by atoms with E-state index in [1.54, 1.807) is 6.07 Å². The topological polar surface area (TPSA) is 12.0 Å². The predicted molar refractivity (Wildman–Crippen MR) is 69.5 cm³/mol. The molecule has 1 nitrogen and oxygen atoms in total. The van der Waals surface area contributed by atoms with E-state index in [9.17, 15) is 8.78 Å². The number of benzene rings is 1. The molecule has 0 bridgehead atoms. The smallest absolute Gasteiger partial charge is 0.160 e. The Kier molecular flexibility index (Phi) is 3.61. The Morgan fingerprint density at radius 1 is 1.29 bits per heavy atom. The first-order valence-corrected chi connectivity index (χ1v) is 6.91. The Hall–Kier alpha value is -0.770. The molecule has 94 valence electrons. The number of hydrogen-bond donors (Lipinski definition) is 1. The zero-order valence-corrected chi connectivity index (χ0v) is 10.9. The summed E-state index contributed by atoms with van der Waals surface area (Å²) in [5, 5.41) is 3.28. The molecule has 1 saturated heterocycles. The monoisotopic (exact) mass is 257 g/mol. The van der Waals surface area contributed by atoms with E-state index in [0.29, 0.717) is 17.1 Å². The summed E-state index contributed by atoms with van der Waals surface area (Å²) in [7, 11) is 0. The zero-order chi connectivity index (χ0) is 12.5. The average Bonchev–Trinajstić information content (AvgIpc) is 2.22. The van der Waals surface area contributed by atoms with Crippen LogP contribution in [0.4, 0.5) is 14.5 Å². The first-order chi connectivity index (χ1) is 7.96. The van der Waals surface area contributed by atoms with Crippen LogP contribution in [0.2, 0.25) is 0 Å². The van der Waals surface area contributed by atoms with E-state index in [2.05, 4.69) is 19.2 Å². The van der Waals surface area contributed by atoms with Crippen molar-refractivity contribution in [2.75, 3.05) is 16.8 Å². The fraction of sp³-hybridized carbons (Fsp3) is 0.538. The maximum absolute atomic E-state index is 13.1. The number of thioether (sulfide) groups is 1. The maximum Gasteiger partial charge on any atom is 0.160 e. The van der Waals surface area contributed by atoms with Gasteiger partial charge in [0.05, 0.1) is 0 Å². The van der Waals surface area contributed by atoms with Gasteiger partial charge in [-0.1, -0.05) is 13.8 Å². The number of halogens is 2. The van der Waals surface area contributed by atoms with Gasteiger partial charge >= 0.3 is 0 Å². The lowest BCUT2D eigenvalue weighted by molar-refractivity contribution is 0.358. The minimum atomic E-state index is -0.797. The Morgan fingerprint density at radius 2 is 2.06 bits per heavy atom. The molecule has 17 heavy (non-hydrogen) atoms. The fourth-order valence-corrected chi connectivity index (χ4v) is 3.45. The van der Waals surface area contributed by atoms with Crippen LogP contribution in [0, 0.1) is 17.0 Å². The van der Waals surface area contributed by atoms with E-state index >= 15 is 0 Å². The van der Waals surface area contributed by atoms with Gasteiger partial charge in [-0.05, 0) is 29.7 Å². The molecular weight excluding hydrogens is 240 g/mol. The van der Waals surface area contributed by atoms with Gasteiger partial charge in [0.15, 0.2) is 11.6 Å². The molecule has 1 atom stereocenters. The molecule has 1 fully saturated rings. The van der Waals surface area contributed by atoms with Gasteiger partial charge in [0, 0.05) is 23.5 Å². The van der Waals surface area contributed by atoms with Crippen molar-refractivity contribution in [2.45, 2.75) is 26.3 Å². The fourth-order valence-electron chi connectivity index (χ4n) is 2.18. The molecule has 1 unspecified atom stereocenters. The molecule has 4 heteroatoms. The van der Waals surface area contributed by atoms with Crippen LogP contribution < -0.4 is 5.32 Å². The molecule has 2 rings (SSSR count). The van der Waals surface area contributed by atoms with Crippen LogP contribution in [0.25, 0.3) is 0 Å². The van der Waals surface area contributed by atoms with E-state index in [-0.39, 0.29) is 0 Å². The summed E-state index contributed by atoms with van der Waals surface area (Å²) in [5.41, 5.74) is 0.964. The van der Waals surface area contributed by atoms with Crippen molar-refractivity contribution in [3.8, 4) is 0 Å². The predicted octanol–water partition coefficient (Wildman–Crippen LogP) is 3.91. The van der Waals surface area contributed by atoms with Crippen molar-refractivity contribution in [3.63, 3.8) is 0 Å². The molecule has 1 aromatic rings. The normalized spacial score (nSPS) is 23.4. The first kappa shape index (κ1) is 12.7. The third kappa shape index (κ3) is 3.35. The van der Waals surface area contributed by atoms with Crippen molar-refractivity contribution < 1.29 is 8.78 Å². The highest BCUT2D eigenvalue weighted by Crippen LogP contribution is 2.34. The lowest BCUT2D eigenvalue weighted by Crippen LogP contribution is -2.35. The summed E-state index contributed by atoms with van der Waals surface area (Å²) < 4.78 is 25.9. The molecule has 1 aliphatic heterocycles. The molecule has 1 N–H and O–H groups in total. The third-order valence-electron chi connectivity index (χ3n) is 2.90. The van der Waals surface area contributed by atoms with Crippen LogP contribution in [0.3, 0.4) is 0 Å². The summed E-state index contributed by atoms with van der Waals surface area (Å²) in [6.07, 6.45) is 1.05. The summed E-state index contributed by atoms with van der Waals surface area (Å²) in [6, 6.07) is 4.30. The van der Waals surface area contributed by atoms with Crippen LogP contribution in [-0.4, -0.2) is 17.5 Å². The van der Waals surface area contributed by atoms with E-state index in [1.165, 1.54) is 12.1 Å². The molecule has 0 radical (unpaired) electrons. The first-order valence-electron chi connectivity index (χ1n) is 5.76. The molecular formula is C13H17F2NS. The highest BCUT2D eigenvalue weighted by atomic mass is 32.2. The molecule has 0 aliphatic carbocycles. The summed E-state index contributed by atoms with van der Waals surface area (Å²) in [5.74, 6) is 0.581. The van der Waals surface area contributed by atoms with Crippen molar-refractivity contribution in [3.05, 3.63) is 29.8 Å². The van der Waals surface area contributed by atoms with Crippen LogP contribution in [0.15, 0.2) is 18.2 Å². The quantitative estimate of drug-likeness (QED) is 0.862. The van der Waals surface area contributed by atoms with Gasteiger partial charge in [-0.15, -0.1) is 0 Å². The van der Waals surface area contributed by atoms with E-state index in [0.717, 1.165) is 17.9 Å². The largest absolute Gasteiger partial charge is 0.381 e. The van der Waals surface area contributed by atoms with Gasteiger partial charge in [0.1, 0.15) is 0 Å². The van der Waals surface area contributed by atoms with E-state index in [4.69, 9.17) is 0 Å². The molecule has 1 aromatic carbocycles. The SMILES string of the molecule is CC1(C)CSCC(Nc2ccc(F)c(F)c2)C1. The van der Waals surface area contributed by atoms with Crippen molar-refractivity contribution in [1.82, 2.24) is 0 Å². The van der Waals surface area contributed by atoms with Crippen molar-refractivity contribution in [1.29, 1.82) is 0 Å². The zero-order valence-electron chi connectivity index (χ0n) is 10.1. The van der Waals surface area contributed by atoms with Gasteiger partial charge in [-0.3, -0.25) is 0 Å². The van der Waals surface area contributed by atoms with Crippen LogP contribution in [0.1, 0.15) is 20.3 Å². The second-order valence-electron chi connectivity index (χ2n) is 5.35. The van der Waals surface area contributed by atoms with Crippen molar-refractivity contribution in [2.24, 2.45) is 5.41 Å². The van der Waals surface area contributed by atoms with Gasteiger partial charge in [-0.25, -0.2) is 8.78 Å². The molecule has 1 heterocycles. The Bertz CT molecular complexity index is 406. The van der Waals surface area contributed by atoms with Crippen LogP contribution >= 0.6 is 11.8 Å². The lowest BCUT2D eigenvalue weighted by Gasteiger charge is -2.35. The van der Waals surface area contributed by atoms with Gasteiger partial charge in [0.2, 0.25) is 0 Å². The minimum Gasteiger partial charge on any atom is -0.381 e. The Balaban J connectivity index is 2.03.